The molecule has 0 nitrogen and oxygen atoms in total. The molecular weight excluding hydrogens is 351 g/mol. The van der Waals surface area contributed by atoms with Gasteiger partial charge in [-0.1, -0.05) is 36.4 Å². The molecule has 2 heteroatoms. The van der Waals surface area contributed by atoms with Gasteiger partial charge in [0.2, 0.25) is 0 Å². The minimum Gasteiger partial charge on any atom is -0.0622 e. The second-order valence-corrected chi connectivity index (χ2v) is 5.01. The fraction of sp³-hybridized carbons (Fsp3) is 0. The van der Waals surface area contributed by atoms with Gasteiger partial charge >= 0.3 is 0 Å². The Morgan fingerprint density at radius 2 is 1.57 bits per heavy atom. The average Bonchev–Trinajstić information content (AvgIpc) is 2.23. The zero-order valence-corrected chi connectivity index (χ0v) is 11.1. The summed E-state index contributed by atoms with van der Waals surface area (Å²) in [6, 6.07) is 16.8. The molecule has 0 heterocycles. The predicted octanol–water partition coefficient (Wildman–Crippen LogP) is 4.72. The van der Waals surface area contributed by atoms with Crippen molar-refractivity contribution >= 4 is 38.5 Å². The van der Waals surface area contributed by atoms with Gasteiger partial charge < -0.3 is 0 Å². The topological polar surface area (TPSA) is 0 Å². The normalized spacial score (nSPS) is 10.1. The molecule has 0 aliphatic heterocycles. The maximum absolute atomic E-state index is 3.49. The van der Waals surface area contributed by atoms with Gasteiger partial charge in [0, 0.05) is 8.04 Å². The molecule has 0 N–H and O–H groups in total. The van der Waals surface area contributed by atoms with Gasteiger partial charge in [0.1, 0.15) is 0 Å². The third-order valence-electron chi connectivity index (χ3n) is 2.03. The highest BCUT2D eigenvalue weighted by molar-refractivity contribution is 14.1. The molecular formula is C12H8BrI. The summed E-state index contributed by atoms with van der Waals surface area (Å²) in [7, 11) is 0. The monoisotopic (exact) mass is 358 g/mol. The van der Waals surface area contributed by atoms with Gasteiger partial charge in [0.05, 0.1) is 0 Å². The number of hydrogen-bond donors (Lipinski definition) is 0. The zero-order valence-electron chi connectivity index (χ0n) is 7.37. The highest BCUT2D eigenvalue weighted by Gasteiger charge is 1.99. The molecule has 0 amide bonds. The van der Waals surface area contributed by atoms with Crippen LogP contribution >= 0.6 is 38.5 Å². The molecule has 14 heavy (non-hydrogen) atoms. The van der Waals surface area contributed by atoms with Crippen molar-refractivity contribution in [3.63, 3.8) is 0 Å². The van der Waals surface area contributed by atoms with E-state index < -0.39 is 0 Å². The SMILES string of the molecule is Brc1ccc(-c2ccccc2)cc1I. The van der Waals surface area contributed by atoms with Crippen LogP contribution in [0.15, 0.2) is 53.0 Å². The molecule has 2 aromatic rings. The van der Waals surface area contributed by atoms with Gasteiger partial charge in [0.15, 0.2) is 0 Å². The first-order chi connectivity index (χ1) is 6.77. The van der Waals surface area contributed by atoms with Crippen LogP contribution in [0.1, 0.15) is 0 Å². The van der Waals surface area contributed by atoms with Crippen LogP contribution in [-0.2, 0) is 0 Å². The summed E-state index contributed by atoms with van der Waals surface area (Å²) in [5, 5.41) is 0. The van der Waals surface area contributed by atoms with Crippen LogP contribution in [0.5, 0.6) is 0 Å². The minimum atomic E-state index is 1.15. The lowest BCUT2D eigenvalue weighted by molar-refractivity contribution is 1.55. The van der Waals surface area contributed by atoms with Gasteiger partial charge in [0.25, 0.3) is 0 Å². The number of rotatable bonds is 1. The van der Waals surface area contributed by atoms with E-state index in [-0.39, 0.29) is 0 Å². The quantitative estimate of drug-likeness (QED) is 0.647. The van der Waals surface area contributed by atoms with Crippen molar-refractivity contribution in [2.24, 2.45) is 0 Å². The summed E-state index contributed by atoms with van der Waals surface area (Å²) in [5.41, 5.74) is 2.52. The van der Waals surface area contributed by atoms with Gasteiger partial charge in [-0.15, -0.1) is 0 Å². The third kappa shape index (κ3) is 2.17. The fourth-order valence-electron chi connectivity index (χ4n) is 1.31. The Kier molecular flexibility index (Phi) is 3.23. The molecule has 70 valence electrons. The first kappa shape index (κ1) is 10.2. The van der Waals surface area contributed by atoms with Crippen molar-refractivity contribution in [2.45, 2.75) is 0 Å². The van der Waals surface area contributed by atoms with Crippen molar-refractivity contribution in [1.29, 1.82) is 0 Å². The molecule has 0 aromatic heterocycles. The predicted molar refractivity (Wildman–Crippen MR) is 72.3 cm³/mol. The Balaban J connectivity index is 2.48. The maximum atomic E-state index is 3.49. The van der Waals surface area contributed by atoms with E-state index in [0.29, 0.717) is 0 Å². The number of halogens is 2. The molecule has 0 aliphatic rings. The molecule has 0 radical (unpaired) electrons. The zero-order chi connectivity index (χ0) is 9.97. The average molecular weight is 359 g/mol. The Bertz CT molecular complexity index is 437. The van der Waals surface area contributed by atoms with Crippen LogP contribution in [0, 0.1) is 3.57 Å². The maximum Gasteiger partial charge on any atom is 0.0309 e. The number of hydrogen-bond acceptors (Lipinski definition) is 0. The van der Waals surface area contributed by atoms with Gasteiger partial charge in [-0.3, -0.25) is 0 Å². The largest absolute Gasteiger partial charge is 0.0622 e. The van der Waals surface area contributed by atoms with Crippen LogP contribution in [-0.4, -0.2) is 0 Å². The molecule has 0 spiro atoms. The fourth-order valence-corrected chi connectivity index (χ4v) is 2.07. The molecule has 0 saturated carbocycles. The Labute approximate surface area is 106 Å². The summed E-state index contributed by atoms with van der Waals surface area (Å²) in [5.74, 6) is 0. The molecule has 0 atom stereocenters. The van der Waals surface area contributed by atoms with E-state index in [1.807, 2.05) is 6.07 Å². The molecule has 0 saturated heterocycles. The second-order valence-electron chi connectivity index (χ2n) is 2.99. The van der Waals surface area contributed by atoms with Crippen molar-refractivity contribution in [3.8, 4) is 11.1 Å². The Morgan fingerprint density at radius 3 is 2.21 bits per heavy atom. The van der Waals surface area contributed by atoms with E-state index in [0.717, 1.165) is 4.47 Å². The Hall–Kier alpha value is -0.350. The first-order valence-electron chi connectivity index (χ1n) is 4.28. The highest BCUT2D eigenvalue weighted by atomic mass is 127. The summed E-state index contributed by atoms with van der Waals surface area (Å²) in [6.07, 6.45) is 0. The molecule has 0 unspecified atom stereocenters. The van der Waals surface area contributed by atoms with Crippen molar-refractivity contribution in [1.82, 2.24) is 0 Å². The van der Waals surface area contributed by atoms with Crippen molar-refractivity contribution in [2.75, 3.05) is 0 Å². The Morgan fingerprint density at radius 1 is 0.857 bits per heavy atom. The van der Waals surface area contributed by atoms with Crippen LogP contribution in [0.2, 0.25) is 0 Å². The van der Waals surface area contributed by atoms with Gasteiger partial charge in [-0.05, 0) is 61.8 Å². The summed E-state index contributed by atoms with van der Waals surface area (Å²) in [4.78, 5) is 0. The molecule has 0 bridgehead atoms. The third-order valence-corrected chi connectivity index (χ3v) is 4.35. The highest BCUT2D eigenvalue weighted by Crippen LogP contribution is 2.26. The van der Waals surface area contributed by atoms with E-state index in [9.17, 15) is 0 Å². The molecule has 0 aliphatic carbocycles. The lowest BCUT2D eigenvalue weighted by Crippen LogP contribution is -1.79. The molecule has 2 rings (SSSR count). The second kappa shape index (κ2) is 4.45. The smallest absolute Gasteiger partial charge is 0.0309 e. The van der Waals surface area contributed by atoms with E-state index in [2.05, 4.69) is 81.0 Å². The molecule has 0 fully saturated rings. The lowest BCUT2D eigenvalue weighted by atomic mass is 10.1. The lowest BCUT2D eigenvalue weighted by Gasteiger charge is -2.03. The van der Waals surface area contributed by atoms with Crippen molar-refractivity contribution < 1.29 is 0 Å². The standard InChI is InChI=1S/C12H8BrI/c13-11-7-6-10(8-12(11)14)9-4-2-1-3-5-9/h1-8H. The van der Waals surface area contributed by atoms with E-state index in [1.165, 1.54) is 14.7 Å². The number of benzene rings is 2. The summed E-state index contributed by atoms with van der Waals surface area (Å²) in [6.45, 7) is 0. The van der Waals surface area contributed by atoms with E-state index in [1.54, 1.807) is 0 Å². The van der Waals surface area contributed by atoms with Crippen molar-refractivity contribution in [3.05, 3.63) is 56.6 Å². The van der Waals surface area contributed by atoms with Crippen LogP contribution < -0.4 is 0 Å². The van der Waals surface area contributed by atoms with Crippen LogP contribution in [0.25, 0.3) is 11.1 Å². The van der Waals surface area contributed by atoms with E-state index >= 15 is 0 Å². The summed E-state index contributed by atoms with van der Waals surface area (Å²) < 4.78 is 2.39. The van der Waals surface area contributed by atoms with Crippen LogP contribution in [0.4, 0.5) is 0 Å². The first-order valence-corrected chi connectivity index (χ1v) is 6.15. The summed E-state index contributed by atoms with van der Waals surface area (Å²) >= 11 is 5.82. The molecule has 2 aromatic carbocycles. The van der Waals surface area contributed by atoms with Gasteiger partial charge in [-0.25, -0.2) is 0 Å². The van der Waals surface area contributed by atoms with E-state index in [4.69, 9.17) is 0 Å². The minimum absolute atomic E-state index is 1.15. The van der Waals surface area contributed by atoms with Crippen LogP contribution in [0.3, 0.4) is 0 Å². The van der Waals surface area contributed by atoms with Gasteiger partial charge in [-0.2, -0.15) is 0 Å².